The van der Waals surface area contributed by atoms with Gasteiger partial charge in [-0.2, -0.15) is 5.10 Å². The SMILES string of the molecule is CCOCc1nc(N)cc(NCc2ncn(C)n2)n1. The topological polar surface area (TPSA) is 104 Å². The third kappa shape index (κ3) is 3.88. The molecule has 2 aromatic heterocycles. The van der Waals surface area contributed by atoms with Gasteiger partial charge in [-0.15, -0.1) is 0 Å². The third-order valence-corrected chi connectivity index (χ3v) is 2.30. The molecule has 0 spiro atoms. The molecule has 0 amide bonds. The highest BCUT2D eigenvalue weighted by Crippen LogP contribution is 2.09. The van der Waals surface area contributed by atoms with E-state index >= 15 is 0 Å². The van der Waals surface area contributed by atoms with Crippen LogP contribution in [0.3, 0.4) is 0 Å². The highest BCUT2D eigenvalue weighted by atomic mass is 16.5. The fraction of sp³-hybridized carbons (Fsp3) is 0.455. The van der Waals surface area contributed by atoms with E-state index in [1.807, 2.05) is 14.0 Å². The monoisotopic (exact) mass is 263 g/mol. The summed E-state index contributed by atoms with van der Waals surface area (Å²) in [5.41, 5.74) is 5.72. The molecule has 0 fully saturated rings. The summed E-state index contributed by atoms with van der Waals surface area (Å²) in [5.74, 6) is 2.28. The van der Waals surface area contributed by atoms with Crippen molar-refractivity contribution in [3.05, 3.63) is 24.0 Å². The van der Waals surface area contributed by atoms with E-state index in [9.17, 15) is 0 Å². The first-order chi connectivity index (χ1) is 9.17. The summed E-state index contributed by atoms with van der Waals surface area (Å²) in [6, 6.07) is 1.67. The Balaban J connectivity index is 2.01. The average molecular weight is 263 g/mol. The van der Waals surface area contributed by atoms with Crippen LogP contribution >= 0.6 is 0 Å². The molecule has 2 aromatic rings. The van der Waals surface area contributed by atoms with Gasteiger partial charge in [0.25, 0.3) is 0 Å². The molecule has 3 N–H and O–H groups in total. The number of ether oxygens (including phenoxy) is 1. The Morgan fingerprint density at radius 3 is 2.89 bits per heavy atom. The van der Waals surface area contributed by atoms with E-state index in [0.717, 1.165) is 0 Å². The minimum absolute atomic E-state index is 0.345. The van der Waals surface area contributed by atoms with Gasteiger partial charge >= 0.3 is 0 Å². The molecule has 0 aliphatic rings. The molecular formula is C11H17N7O. The Kier molecular flexibility index (Phi) is 4.24. The summed E-state index contributed by atoms with van der Waals surface area (Å²) in [6.45, 7) is 3.35. The molecule has 0 aliphatic heterocycles. The molecule has 102 valence electrons. The van der Waals surface area contributed by atoms with Crippen molar-refractivity contribution in [2.75, 3.05) is 17.7 Å². The van der Waals surface area contributed by atoms with E-state index in [1.54, 1.807) is 17.1 Å². The molecule has 19 heavy (non-hydrogen) atoms. The van der Waals surface area contributed by atoms with Crippen LogP contribution in [0.1, 0.15) is 18.6 Å². The Hall–Kier alpha value is -2.22. The van der Waals surface area contributed by atoms with Gasteiger partial charge in [-0.25, -0.2) is 15.0 Å². The molecule has 0 radical (unpaired) electrons. The molecule has 8 heteroatoms. The van der Waals surface area contributed by atoms with E-state index in [4.69, 9.17) is 10.5 Å². The fourth-order valence-corrected chi connectivity index (χ4v) is 1.50. The number of nitrogens with one attached hydrogen (secondary N) is 1. The number of nitrogens with two attached hydrogens (primary N) is 1. The van der Waals surface area contributed by atoms with E-state index in [0.29, 0.717) is 43.0 Å². The van der Waals surface area contributed by atoms with Gasteiger partial charge in [0.2, 0.25) is 0 Å². The van der Waals surface area contributed by atoms with Crippen molar-refractivity contribution >= 4 is 11.6 Å². The van der Waals surface area contributed by atoms with E-state index < -0.39 is 0 Å². The average Bonchev–Trinajstić information content (AvgIpc) is 2.79. The maximum Gasteiger partial charge on any atom is 0.169 e. The highest BCUT2D eigenvalue weighted by Gasteiger charge is 2.04. The Morgan fingerprint density at radius 2 is 2.21 bits per heavy atom. The first-order valence-electron chi connectivity index (χ1n) is 5.97. The second kappa shape index (κ2) is 6.10. The van der Waals surface area contributed by atoms with Crippen LogP contribution in [0.5, 0.6) is 0 Å². The lowest BCUT2D eigenvalue weighted by Crippen LogP contribution is -2.08. The third-order valence-electron chi connectivity index (χ3n) is 2.30. The maximum absolute atomic E-state index is 5.72. The Labute approximate surface area is 111 Å². The molecule has 0 saturated carbocycles. The molecule has 0 aliphatic carbocycles. The largest absolute Gasteiger partial charge is 0.384 e. The van der Waals surface area contributed by atoms with E-state index in [2.05, 4.69) is 25.4 Å². The normalized spacial score (nSPS) is 10.6. The first-order valence-corrected chi connectivity index (χ1v) is 5.97. The van der Waals surface area contributed by atoms with E-state index in [-0.39, 0.29) is 0 Å². The summed E-state index contributed by atoms with van der Waals surface area (Å²) in [4.78, 5) is 12.5. The van der Waals surface area contributed by atoms with Gasteiger partial charge in [-0.05, 0) is 6.92 Å². The van der Waals surface area contributed by atoms with Crippen molar-refractivity contribution in [1.82, 2.24) is 24.7 Å². The van der Waals surface area contributed by atoms with Crippen molar-refractivity contribution < 1.29 is 4.74 Å². The number of nitrogen functional groups attached to an aromatic ring is 1. The van der Waals surface area contributed by atoms with Crippen molar-refractivity contribution in [2.24, 2.45) is 7.05 Å². The summed E-state index contributed by atoms with van der Waals surface area (Å²) in [7, 11) is 1.82. The zero-order valence-electron chi connectivity index (χ0n) is 11.0. The molecule has 0 saturated heterocycles. The van der Waals surface area contributed by atoms with Crippen molar-refractivity contribution in [1.29, 1.82) is 0 Å². The van der Waals surface area contributed by atoms with Gasteiger partial charge in [-0.1, -0.05) is 0 Å². The van der Waals surface area contributed by atoms with Crippen molar-refractivity contribution in [3.63, 3.8) is 0 Å². The predicted molar refractivity (Wildman–Crippen MR) is 70.1 cm³/mol. The Morgan fingerprint density at radius 1 is 1.37 bits per heavy atom. The number of aryl methyl sites for hydroxylation is 1. The van der Waals surface area contributed by atoms with Crippen LogP contribution in [0.25, 0.3) is 0 Å². The van der Waals surface area contributed by atoms with Crippen LogP contribution in [-0.4, -0.2) is 31.3 Å². The second-order valence-corrected chi connectivity index (χ2v) is 3.92. The molecule has 2 rings (SSSR count). The number of aromatic nitrogens is 5. The van der Waals surface area contributed by atoms with Crippen LogP contribution in [0, 0.1) is 0 Å². The Bertz CT molecular complexity index is 540. The quantitative estimate of drug-likeness (QED) is 0.774. The zero-order valence-corrected chi connectivity index (χ0v) is 11.0. The standard InChI is InChI=1S/C11H17N7O/c1-3-19-6-11-15-8(12)4-9(16-11)13-5-10-14-7-18(2)17-10/h4,7H,3,5-6H2,1-2H3,(H3,12,13,15,16). The summed E-state index contributed by atoms with van der Waals surface area (Å²) in [5, 5.41) is 7.27. The van der Waals surface area contributed by atoms with Gasteiger partial charge < -0.3 is 15.8 Å². The highest BCUT2D eigenvalue weighted by molar-refractivity contribution is 5.44. The van der Waals surface area contributed by atoms with Crippen LogP contribution in [0.4, 0.5) is 11.6 Å². The lowest BCUT2D eigenvalue weighted by Gasteiger charge is -2.07. The summed E-state index contributed by atoms with van der Waals surface area (Å²) in [6.07, 6.45) is 1.64. The first kappa shape index (κ1) is 13.2. The number of hydrogen-bond donors (Lipinski definition) is 2. The van der Waals surface area contributed by atoms with Gasteiger partial charge in [0.15, 0.2) is 11.6 Å². The predicted octanol–water partition coefficient (Wildman–Crippen LogP) is 0.336. The molecule has 0 bridgehead atoms. The van der Waals surface area contributed by atoms with Gasteiger partial charge in [0.1, 0.15) is 24.6 Å². The minimum atomic E-state index is 0.345. The van der Waals surface area contributed by atoms with Gasteiger partial charge in [-0.3, -0.25) is 4.68 Å². The van der Waals surface area contributed by atoms with E-state index in [1.165, 1.54) is 0 Å². The van der Waals surface area contributed by atoms with Crippen LogP contribution in [0.2, 0.25) is 0 Å². The zero-order chi connectivity index (χ0) is 13.7. The molecule has 0 unspecified atom stereocenters. The van der Waals surface area contributed by atoms with Gasteiger partial charge in [0.05, 0.1) is 6.54 Å². The molecule has 2 heterocycles. The lowest BCUT2D eigenvalue weighted by molar-refractivity contribution is 0.128. The number of nitrogens with zero attached hydrogens (tertiary/aromatic N) is 5. The number of hydrogen-bond acceptors (Lipinski definition) is 7. The van der Waals surface area contributed by atoms with Crippen LogP contribution in [-0.2, 0) is 24.9 Å². The second-order valence-electron chi connectivity index (χ2n) is 3.92. The fourth-order valence-electron chi connectivity index (χ4n) is 1.50. The molecule has 8 nitrogen and oxygen atoms in total. The smallest absolute Gasteiger partial charge is 0.169 e. The summed E-state index contributed by atoms with van der Waals surface area (Å²) < 4.78 is 6.90. The van der Waals surface area contributed by atoms with Crippen LogP contribution < -0.4 is 11.1 Å². The van der Waals surface area contributed by atoms with Crippen molar-refractivity contribution in [3.8, 4) is 0 Å². The van der Waals surface area contributed by atoms with Gasteiger partial charge in [0, 0.05) is 19.7 Å². The summed E-state index contributed by atoms with van der Waals surface area (Å²) >= 11 is 0. The maximum atomic E-state index is 5.72. The molecule has 0 atom stereocenters. The lowest BCUT2D eigenvalue weighted by atomic mass is 10.4. The minimum Gasteiger partial charge on any atom is -0.384 e. The van der Waals surface area contributed by atoms with Crippen LogP contribution in [0.15, 0.2) is 12.4 Å². The number of rotatable bonds is 6. The number of anilines is 2. The molecular weight excluding hydrogens is 246 g/mol. The molecule has 0 aromatic carbocycles. The van der Waals surface area contributed by atoms with Crippen molar-refractivity contribution in [2.45, 2.75) is 20.1 Å².